The summed E-state index contributed by atoms with van der Waals surface area (Å²) in [4.78, 5) is 0. The largest absolute Gasteiger partial charge is 0.197 e. The Labute approximate surface area is 99.0 Å². The summed E-state index contributed by atoms with van der Waals surface area (Å²) in [6.45, 7) is 0. The third-order valence-electron chi connectivity index (χ3n) is 0. The first-order chi connectivity index (χ1) is 1.00. The first-order valence-corrected chi connectivity index (χ1v) is 0.500. The van der Waals surface area contributed by atoms with Crippen LogP contribution < -0.4 is 0 Å². The van der Waals surface area contributed by atoms with Gasteiger partial charge in [-0.2, -0.15) is 4.21 Å². The van der Waals surface area contributed by atoms with Gasteiger partial charge in [0, 0.05) is 85.0 Å². The average molecular weight is 339 g/mol. The molecule has 1 nitrogen and oxygen atoms in total. The van der Waals surface area contributed by atoms with Crippen molar-refractivity contribution in [1.82, 2.24) is 0 Å². The number of hydrogen-bond donors (Lipinski definition) is 0. The van der Waals surface area contributed by atoms with Gasteiger partial charge in [0.1, 0.15) is 0 Å². The van der Waals surface area contributed by atoms with Gasteiger partial charge in [0.2, 0.25) is 0 Å². The molecule has 0 N–H and O–H groups in total. The van der Waals surface area contributed by atoms with Gasteiger partial charge >= 0.3 is 0 Å². The molecule has 0 saturated heterocycles. The maximum absolute atomic E-state index is 7.83. The Bertz CT molecular complexity index is 8.00. The van der Waals surface area contributed by atoms with E-state index in [2.05, 4.69) is 12.5 Å². The molecule has 0 fully saturated rings. The molecule has 4 heteroatoms. The standard InChI is InChI=1S/Eu.La.OS/c;;1-2. The summed E-state index contributed by atoms with van der Waals surface area (Å²) >= 11 is 2.83. The topological polar surface area (TPSA) is 17.1 Å². The van der Waals surface area contributed by atoms with Crippen LogP contribution in [-0.4, -0.2) is 4.21 Å². The molecule has 0 aliphatic carbocycles. The van der Waals surface area contributed by atoms with Crippen molar-refractivity contribution in [2.75, 3.05) is 0 Å². The van der Waals surface area contributed by atoms with Crippen LogP contribution in [-0.2, 0) is 12.5 Å². The predicted molar refractivity (Wildman–Crippen MR) is 8.14 cm³/mol. The molecule has 0 saturated carbocycles. The summed E-state index contributed by atoms with van der Waals surface area (Å²) in [6, 6.07) is 0. The van der Waals surface area contributed by atoms with Crippen LogP contribution in [0.1, 0.15) is 0 Å². The molecule has 0 aromatic heterocycles. The molecule has 0 aliphatic rings. The van der Waals surface area contributed by atoms with E-state index in [9.17, 15) is 0 Å². The predicted octanol–water partition coefficient (Wildman–Crippen LogP) is -0.336. The maximum Gasteiger partial charge on any atom is 0.197 e. The van der Waals surface area contributed by atoms with Gasteiger partial charge in [-0.3, -0.25) is 0 Å². The number of hydrogen-bond acceptors (Lipinski definition) is 2. The summed E-state index contributed by atoms with van der Waals surface area (Å²) in [5.74, 6) is 0. The molecule has 0 unspecified atom stereocenters. The second-order valence-electron chi connectivity index (χ2n) is 0. The van der Waals surface area contributed by atoms with Crippen molar-refractivity contribution in [2.45, 2.75) is 0 Å². The molecule has 22 valence electrons. The monoisotopic (exact) mass is 340 g/mol. The van der Waals surface area contributed by atoms with Crippen molar-refractivity contribution >= 4 is 12.5 Å². The average Bonchev–Trinajstić information content (AvgIpc) is 1.00. The maximum atomic E-state index is 7.83. The normalized spacial score (nSPS) is 1.00. The molecule has 0 atom stereocenters. The first-order valence-electron chi connectivity index (χ1n) is 0.167. The van der Waals surface area contributed by atoms with E-state index >= 15 is 0 Å². The summed E-state index contributed by atoms with van der Waals surface area (Å²) in [5.41, 5.74) is 0. The second-order valence-corrected chi connectivity index (χ2v) is 0. The third-order valence-corrected chi connectivity index (χ3v) is 0. The molecule has 0 rings (SSSR count). The summed E-state index contributed by atoms with van der Waals surface area (Å²) < 4.78 is 7.83. The fraction of sp³-hybridized carbons (Fsp3) is 0. The molecule has 0 aromatic rings. The molecule has 0 aromatic carbocycles. The first kappa shape index (κ1) is 15.8. The molecule has 0 heterocycles. The summed E-state index contributed by atoms with van der Waals surface area (Å²) in [6.07, 6.45) is 0. The van der Waals surface area contributed by atoms with Crippen LogP contribution in [0.15, 0.2) is 0 Å². The third kappa shape index (κ3) is 8.84. The van der Waals surface area contributed by atoms with E-state index in [1.54, 1.807) is 0 Å². The summed E-state index contributed by atoms with van der Waals surface area (Å²) in [7, 11) is 0. The van der Waals surface area contributed by atoms with Gasteiger partial charge in [-0.05, 0) is 0 Å². The summed E-state index contributed by atoms with van der Waals surface area (Å²) in [5, 5.41) is 0. The fourth-order valence-electron chi connectivity index (χ4n) is 0. The zero-order valence-electron chi connectivity index (χ0n) is 1.77. The van der Waals surface area contributed by atoms with E-state index in [-0.39, 0.29) is 85.0 Å². The van der Waals surface area contributed by atoms with Gasteiger partial charge in [-0.1, -0.05) is 0 Å². The SMILES string of the molecule is O=S.[Eu].[La]. The smallest absolute Gasteiger partial charge is 0.197 e. The Hall–Kier alpha value is 2.80. The van der Waals surface area contributed by atoms with Crippen molar-refractivity contribution in [3.05, 3.63) is 0 Å². The van der Waals surface area contributed by atoms with Crippen LogP contribution in [0.5, 0.6) is 0 Å². The quantitative estimate of drug-likeness (QED) is 0.601. The van der Waals surface area contributed by atoms with E-state index in [0.29, 0.717) is 0 Å². The van der Waals surface area contributed by atoms with E-state index in [4.69, 9.17) is 4.21 Å². The molecule has 0 bridgehead atoms. The molecule has 0 aliphatic heterocycles. The Morgan fingerprint density at radius 3 is 1.25 bits per heavy atom. The molecule has 2 radical (unpaired) electrons. The minimum atomic E-state index is 0. The van der Waals surface area contributed by atoms with Gasteiger partial charge in [0.05, 0.1) is 0 Å². The molecular weight excluding hydrogens is 339 g/mol. The zero-order valence-corrected chi connectivity index (χ0v) is 8.64. The van der Waals surface area contributed by atoms with Crippen LogP contribution in [0.25, 0.3) is 0 Å². The molecule has 0 amide bonds. The zero-order chi connectivity index (χ0) is 2.00. The van der Waals surface area contributed by atoms with E-state index in [0.717, 1.165) is 0 Å². The van der Waals surface area contributed by atoms with Crippen LogP contribution in [0, 0.1) is 85.0 Å². The van der Waals surface area contributed by atoms with Gasteiger partial charge in [-0.25, -0.2) is 0 Å². The van der Waals surface area contributed by atoms with Gasteiger partial charge in [-0.15, -0.1) is 0 Å². The van der Waals surface area contributed by atoms with Crippen molar-refractivity contribution in [1.29, 1.82) is 0 Å². The van der Waals surface area contributed by atoms with Crippen LogP contribution in [0.4, 0.5) is 0 Å². The van der Waals surface area contributed by atoms with Crippen molar-refractivity contribution < 1.29 is 89.2 Å². The van der Waals surface area contributed by atoms with Crippen LogP contribution in [0.2, 0.25) is 0 Å². The van der Waals surface area contributed by atoms with Gasteiger partial charge in [0.15, 0.2) is 12.5 Å². The Morgan fingerprint density at radius 1 is 1.25 bits per heavy atom. The van der Waals surface area contributed by atoms with Crippen molar-refractivity contribution in [3.63, 3.8) is 0 Å². The van der Waals surface area contributed by atoms with E-state index in [1.807, 2.05) is 0 Å². The van der Waals surface area contributed by atoms with Gasteiger partial charge < -0.3 is 0 Å². The molecule has 4 heavy (non-hydrogen) atoms. The minimum absolute atomic E-state index is 0. The van der Waals surface area contributed by atoms with Crippen molar-refractivity contribution in [3.8, 4) is 0 Å². The Kier molecular flexibility index (Phi) is 67.5. The number of rotatable bonds is 0. The fourth-order valence-corrected chi connectivity index (χ4v) is 0. The molecule has 0 spiro atoms. The van der Waals surface area contributed by atoms with Crippen LogP contribution in [0.3, 0.4) is 0 Å². The molecular formula is EuLaOS. The Balaban J connectivity index is -0.00000000500. The van der Waals surface area contributed by atoms with Crippen molar-refractivity contribution in [2.24, 2.45) is 0 Å². The van der Waals surface area contributed by atoms with E-state index in [1.165, 1.54) is 0 Å². The van der Waals surface area contributed by atoms with Crippen LogP contribution >= 0.6 is 0 Å². The van der Waals surface area contributed by atoms with Gasteiger partial charge in [0.25, 0.3) is 0 Å². The Morgan fingerprint density at radius 2 is 1.25 bits per heavy atom. The minimum Gasteiger partial charge on any atom is -0.197 e. The van der Waals surface area contributed by atoms with E-state index < -0.39 is 0 Å². The second kappa shape index (κ2) is 17.0.